The molecule has 0 saturated carbocycles. The SMILES string of the molecule is [CH2-]CCCCOC1CCCCO1.[Cl-].[Mg+2]. The van der Waals surface area contributed by atoms with Gasteiger partial charge in [-0.2, -0.15) is 6.42 Å². The largest absolute Gasteiger partial charge is 2.00 e. The Morgan fingerprint density at radius 1 is 1.29 bits per heavy atom. The van der Waals surface area contributed by atoms with Crippen molar-refractivity contribution in [1.29, 1.82) is 0 Å². The first kappa shape index (κ1) is 17.4. The van der Waals surface area contributed by atoms with Crippen LogP contribution < -0.4 is 12.4 Å². The van der Waals surface area contributed by atoms with Crippen molar-refractivity contribution in [2.24, 2.45) is 0 Å². The van der Waals surface area contributed by atoms with E-state index in [4.69, 9.17) is 9.47 Å². The molecule has 2 nitrogen and oxygen atoms in total. The molecule has 0 spiro atoms. The third kappa shape index (κ3) is 8.30. The van der Waals surface area contributed by atoms with Crippen molar-refractivity contribution in [3.8, 4) is 0 Å². The Bertz CT molecular complexity index is 108. The summed E-state index contributed by atoms with van der Waals surface area (Å²) in [7, 11) is 0. The smallest absolute Gasteiger partial charge is 1.00 e. The van der Waals surface area contributed by atoms with E-state index in [1.165, 1.54) is 12.8 Å². The predicted molar refractivity (Wildman–Crippen MR) is 54.5 cm³/mol. The van der Waals surface area contributed by atoms with E-state index in [0.29, 0.717) is 0 Å². The fourth-order valence-corrected chi connectivity index (χ4v) is 1.34. The van der Waals surface area contributed by atoms with Gasteiger partial charge in [-0.15, -0.1) is 0 Å². The summed E-state index contributed by atoms with van der Waals surface area (Å²) in [6.45, 7) is 5.49. The van der Waals surface area contributed by atoms with Gasteiger partial charge in [0, 0.05) is 13.2 Å². The van der Waals surface area contributed by atoms with Gasteiger partial charge < -0.3 is 28.8 Å². The zero-order valence-corrected chi connectivity index (χ0v) is 11.0. The van der Waals surface area contributed by atoms with Gasteiger partial charge in [0.15, 0.2) is 6.29 Å². The summed E-state index contributed by atoms with van der Waals surface area (Å²) in [5.74, 6) is 0. The van der Waals surface area contributed by atoms with Gasteiger partial charge in [0.1, 0.15) is 0 Å². The molecule has 0 N–H and O–H groups in total. The van der Waals surface area contributed by atoms with Crippen LogP contribution in [0, 0.1) is 6.92 Å². The molecule has 0 aliphatic carbocycles. The maximum Gasteiger partial charge on any atom is 2.00 e. The van der Waals surface area contributed by atoms with Gasteiger partial charge in [-0.3, -0.25) is 0 Å². The van der Waals surface area contributed by atoms with E-state index >= 15 is 0 Å². The van der Waals surface area contributed by atoms with Crippen LogP contribution in [0.25, 0.3) is 0 Å². The third-order valence-corrected chi connectivity index (χ3v) is 2.09. The Hall–Kier alpha value is 0.976. The van der Waals surface area contributed by atoms with Gasteiger partial charge in [0.05, 0.1) is 0 Å². The van der Waals surface area contributed by atoms with Crippen molar-refractivity contribution >= 4 is 23.1 Å². The summed E-state index contributed by atoms with van der Waals surface area (Å²) >= 11 is 0. The molecule has 0 aromatic rings. The maximum atomic E-state index is 5.54. The topological polar surface area (TPSA) is 18.5 Å². The van der Waals surface area contributed by atoms with Crippen LogP contribution in [0.3, 0.4) is 0 Å². The Morgan fingerprint density at radius 3 is 2.64 bits per heavy atom. The summed E-state index contributed by atoms with van der Waals surface area (Å²) in [6.07, 6.45) is 6.89. The molecule has 0 aromatic heterocycles. The molecule has 1 unspecified atom stereocenters. The fourth-order valence-electron chi connectivity index (χ4n) is 1.34. The summed E-state index contributed by atoms with van der Waals surface area (Å²) in [5.41, 5.74) is 0. The third-order valence-electron chi connectivity index (χ3n) is 2.09. The maximum absolute atomic E-state index is 5.54. The normalized spacial score (nSPS) is 20.8. The number of hydrogen-bond acceptors (Lipinski definition) is 2. The molecule has 1 rings (SSSR count). The average molecular weight is 231 g/mol. The molecule has 0 amide bonds. The zero-order valence-electron chi connectivity index (χ0n) is 8.84. The van der Waals surface area contributed by atoms with Gasteiger partial charge in [-0.1, -0.05) is 6.42 Å². The molecule has 80 valence electrons. The van der Waals surface area contributed by atoms with Crippen LogP contribution in [0.15, 0.2) is 0 Å². The Kier molecular flexibility index (Phi) is 15.0. The quantitative estimate of drug-likeness (QED) is 0.349. The molecule has 1 heterocycles. The molecule has 1 saturated heterocycles. The van der Waals surface area contributed by atoms with Gasteiger partial charge in [-0.05, 0) is 25.7 Å². The van der Waals surface area contributed by atoms with E-state index < -0.39 is 0 Å². The minimum atomic E-state index is 0. The Morgan fingerprint density at radius 2 is 2.07 bits per heavy atom. The summed E-state index contributed by atoms with van der Waals surface area (Å²) in [5, 5.41) is 0. The summed E-state index contributed by atoms with van der Waals surface area (Å²) in [6, 6.07) is 0. The van der Waals surface area contributed by atoms with Gasteiger partial charge in [0.25, 0.3) is 0 Å². The van der Waals surface area contributed by atoms with E-state index in [1.807, 2.05) is 0 Å². The second-order valence-corrected chi connectivity index (χ2v) is 3.23. The van der Waals surface area contributed by atoms with Gasteiger partial charge >= 0.3 is 23.1 Å². The number of halogens is 1. The van der Waals surface area contributed by atoms with Crippen LogP contribution in [-0.4, -0.2) is 42.6 Å². The van der Waals surface area contributed by atoms with Crippen LogP contribution in [0.1, 0.15) is 38.5 Å². The number of hydrogen-bond donors (Lipinski definition) is 0. The van der Waals surface area contributed by atoms with Crippen LogP contribution in [-0.2, 0) is 9.47 Å². The monoisotopic (exact) mass is 230 g/mol. The van der Waals surface area contributed by atoms with E-state index in [0.717, 1.165) is 38.9 Å². The molecule has 1 aliphatic rings. The molecular formula is C10H19ClMgO2. The van der Waals surface area contributed by atoms with E-state index in [-0.39, 0.29) is 41.7 Å². The van der Waals surface area contributed by atoms with E-state index in [2.05, 4.69) is 6.92 Å². The second-order valence-electron chi connectivity index (χ2n) is 3.23. The minimum Gasteiger partial charge on any atom is -1.00 e. The first-order chi connectivity index (χ1) is 5.93. The molecular weight excluding hydrogens is 212 g/mol. The van der Waals surface area contributed by atoms with Crippen LogP contribution in [0.2, 0.25) is 0 Å². The molecule has 1 atom stereocenters. The first-order valence-electron chi connectivity index (χ1n) is 4.96. The van der Waals surface area contributed by atoms with Crippen molar-refractivity contribution in [3.63, 3.8) is 0 Å². The fraction of sp³-hybridized carbons (Fsp3) is 0.900. The van der Waals surface area contributed by atoms with Crippen molar-refractivity contribution in [2.45, 2.75) is 44.8 Å². The Labute approximate surface area is 110 Å². The number of rotatable bonds is 5. The first-order valence-corrected chi connectivity index (χ1v) is 4.96. The van der Waals surface area contributed by atoms with Crippen LogP contribution in [0.4, 0.5) is 0 Å². The standard InChI is InChI=1S/C10H19O2.ClH.Mg/c1-2-3-5-8-11-10-7-4-6-9-12-10;;/h10H,1-9H2;1H;/q-1;;+2/p-1. The summed E-state index contributed by atoms with van der Waals surface area (Å²) in [4.78, 5) is 0. The van der Waals surface area contributed by atoms with Crippen molar-refractivity contribution in [1.82, 2.24) is 0 Å². The summed E-state index contributed by atoms with van der Waals surface area (Å²) < 4.78 is 11.0. The minimum absolute atomic E-state index is 0. The Balaban J connectivity index is 0. The average Bonchev–Trinajstić information content (AvgIpc) is 2.14. The second kappa shape index (κ2) is 12.0. The molecule has 14 heavy (non-hydrogen) atoms. The number of unbranched alkanes of at least 4 members (excludes halogenated alkanes) is 2. The van der Waals surface area contributed by atoms with Crippen molar-refractivity contribution < 1.29 is 21.9 Å². The molecule has 0 aromatic carbocycles. The number of ether oxygens (including phenoxy) is 2. The zero-order chi connectivity index (χ0) is 8.65. The molecule has 4 heteroatoms. The van der Waals surface area contributed by atoms with Crippen molar-refractivity contribution in [3.05, 3.63) is 6.92 Å². The predicted octanol–water partition coefficient (Wildman–Crippen LogP) is -0.843. The van der Waals surface area contributed by atoms with Gasteiger partial charge in [-0.25, -0.2) is 0 Å². The van der Waals surface area contributed by atoms with E-state index in [9.17, 15) is 0 Å². The van der Waals surface area contributed by atoms with Crippen LogP contribution >= 0.6 is 0 Å². The molecule has 1 fully saturated rings. The molecule has 1 aliphatic heterocycles. The molecule has 0 bridgehead atoms. The van der Waals surface area contributed by atoms with E-state index in [1.54, 1.807) is 0 Å². The van der Waals surface area contributed by atoms with Gasteiger partial charge in [0.2, 0.25) is 0 Å². The molecule has 0 radical (unpaired) electrons. The van der Waals surface area contributed by atoms with Crippen LogP contribution in [0.5, 0.6) is 0 Å². The van der Waals surface area contributed by atoms with Crippen molar-refractivity contribution in [2.75, 3.05) is 13.2 Å².